The molecule has 0 saturated carbocycles. The van der Waals surface area contributed by atoms with Crippen LogP contribution in [0.25, 0.3) is 0 Å². The molecule has 0 rings (SSSR count). The maximum atomic E-state index is 11.3. The molecule has 0 aromatic rings. The lowest BCUT2D eigenvalue weighted by atomic mass is 9.93. The molecule has 0 fully saturated rings. The third-order valence-electron chi connectivity index (χ3n) is 6.09. The number of carbonyl (C=O) groups is 1. The zero-order chi connectivity index (χ0) is 20.9. The van der Waals surface area contributed by atoms with Gasteiger partial charge >= 0.3 is 5.97 Å². The van der Waals surface area contributed by atoms with Gasteiger partial charge in [-0.1, -0.05) is 123 Å². The molecule has 0 heterocycles. The van der Waals surface area contributed by atoms with Gasteiger partial charge in [0.15, 0.2) is 0 Å². The molecule has 0 saturated heterocycles. The minimum absolute atomic E-state index is 0.00633. The molecule has 2 unspecified atom stereocenters. The first kappa shape index (κ1) is 27.2. The zero-order valence-electron chi connectivity index (χ0n) is 19.5. The Labute approximate surface area is 176 Å². The van der Waals surface area contributed by atoms with Crippen molar-refractivity contribution in [1.82, 2.24) is 0 Å². The Kier molecular flexibility index (Phi) is 20.3. The van der Waals surface area contributed by atoms with E-state index in [4.69, 9.17) is 4.74 Å². The van der Waals surface area contributed by atoms with Crippen LogP contribution in [0.4, 0.5) is 0 Å². The Bertz CT molecular complexity index is 350. The van der Waals surface area contributed by atoms with Gasteiger partial charge in [-0.25, -0.2) is 4.79 Å². The van der Waals surface area contributed by atoms with Gasteiger partial charge in [0.2, 0.25) is 0 Å². The first-order valence-corrected chi connectivity index (χ1v) is 12.5. The molecule has 2 heteroatoms. The summed E-state index contributed by atoms with van der Waals surface area (Å²) in [5.74, 6) is 0.188. The average Bonchev–Trinajstić information content (AvgIpc) is 2.70. The van der Waals surface area contributed by atoms with Crippen LogP contribution >= 0.6 is 0 Å². The monoisotopic (exact) mass is 394 g/mol. The fraction of sp³-hybridized carbons (Fsp3) is 0.885. The van der Waals surface area contributed by atoms with Crippen LogP contribution in [0.1, 0.15) is 136 Å². The highest BCUT2D eigenvalue weighted by Gasteiger charge is 2.17. The van der Waals surface area contributed by atoms with Gasteiger partial charge in [-0.15, -0.1) is 0 Å². The molecule has 0 aliphatic carbocycles. The van der Waals surface area contributed by atoms with Crippen LogP contribution in [0.5, 0.6) is 0 Å². The number of carbonyl (C=O) groups excluding carboxylic acids is 1. The molecular weight excluding hydrogens is 344 g/mol. The lowest BCUT2D eigenvalue weighted by Crippen LogP contribution is -2.22. The summed E-state index contributed by atoms with van der Waals surface area (Å²) in [5, 5.41) is 0. The van der Waals surface area contributed by atoms with Crippen molar-refractivity contribution in [1.29, 1.82) is 0 Å². The predicted molar refractivity (Wildman–Crippen MR) is 124 cm³/mol. The fourth-order valence-corrected chi connectivity index (χ4v) is 4.05. The summed E-state index contributed by atoms with van der Waals surface area (Å²) in [5.41, 5.74) is 0. The Balaban J connectivity index is 3.36. The van der Waals surface area contributed by atoms with Crippen LogP contribution in [0.15, 0.2) is 12.7 Å². The van der Waals surface area contributed by atoms with E-state index < -0.39 is 0 Å². The lowest BCUT2D eigenvalue weighted by Gasteiger charge is -2.22. The van der Waals surface area contributed by atoms with Crippen LogP contribution < -0.4 is 0 Å². The minimum atomic E-state index is -0.294. The summed E-state index contributed by atoms with van der Waals surface area (Å²) in [4.78, 5) is 11.3. The van der Waals surface area contributed by atoms with Gasteiger partial charge in [-0.2, -0.15) is 0 Å². The smallest absolute Gasteiger partial charge is 0.330 e. The van der Waals surface area contributed by atoms with Crippen molar-refractivity contribution in [2.75, 3.05) is 0 Å². The van der Waals surface area contributed by atoms with Crippen molar-refractivity contribution >= 4 is 5.97 Å². The predicted octanol–water partition coefficient (Wildman–Crippen LogP) is 8.78. The molecule has 0 aliphatic heterocycles. The molecule has 0 aromatic carbocycles. The van der Waals surface area contributed by atoms with E-state index in [1.165, 1.54) is 115 Å². The average molecular weight is 395 g/mol. The summed E-state index contributed by atoms with van der Waals surface area (Å²) in [6.07, 6.45) is 26.0. The highest BCUT2D eigenvalue weighted by atomic mass is 16.5. The molecule has 28 heavy (non-hydrogen) atoms. The highest BCUT2D eigenvalue weighted by molar-refractivity contribution is 5.81. The largest absolute Gasteiger partial charge is 0.459 e. The molecular formula is C26H50O2. The van der Waals surface area contributed by atoms with Gasteiger partial charge in [0.25, 0.3) is 0 Å². The van der Waals surface area contributed by atoms with Gasteiger partial charge in [-0.05, 0) is 25.7 Å². The standard InChI is InChI=1S/C26H50O2/c1-5-8-9-10-11-12-13-14-15-16-17-18-19-20-21-22-23-25(6-2)24(4)28-26(27)7-3/h7,24-25H,3,5-6,8-23H2,1-2,4H3. The number of unbranched alkanes of at least 4 members (excludes halogenated alkanes) is 15. The van der Waals surface area contributed by atoms with Gasteiger partial charge in [0.1, 0.15) is 6.10 Å². The van der Waals surface area contributed by atoms with Crippen LogP contribution in [-0.2, 0) is 9.53 Å². The molecule has 166 valence electrons. The van der Waals surface area contributed by atoms with E-state index in [0.717, 1.165) is 6.42 Å². The number of esters is 1. The van der Waals surface area contributed by atoms with Crippen LogP contribution in [0, 0.1) is 5.92 Å². The SMILES string of the molecule is C=CC(=O)OC(C)C(CC)CCCCCCCCCCCCCCCCCC. The summed E-state index contributed by atoms with van der Waals surface area (Å²) in [7, 11) is 0. The summed E-state index contributed by atoms with van der Waals surface area (Å²) < 4.78 is 5.37. The van der Waals surface area contributed by atoms with Crippen LogP contribution in [-0.4, -0.2) is 12.1 Å². The molecule has 0 aliphatic rings. The molecule has 0 bridgehead atoms. The van der Waals surface area contributed by atoms with Gasteiger partial charge < -0.3 is 4.74 Å². The normalized spacial score (nSPS) is 13.2. The van der Waals surface area contributed by atoms with Crippen LogP contribution in [0.3, 0.4) is 0 Å². The van der Waals surface area contributed by atoms with E-state index in [0.29, 0.717) is 5.92 Å². The Morgan fingerprint density at radius 1 is 0.750 bits per heavy atom. The Hall–Kier alpha value is -0.790. The Morgan fingerprint density at radius 3 is 1.50 bits per heavy atom. The molecule has 0 spiro atoms. The maximum absolute atomic E-state index is 11.3. The second kappa shape index (κ2) is 20.9. The number of hydrogen-bond acceptors (Lipinski definition) is 2. The summed E-state index contributed by atoms with van der Waals surface area (Å²) >= 11 is 0. The van der Waals surface area contributed by atoms with Crippen LogP contribution in [0.2, 0.25) is 0 Å². The van der Waals surface area contributed by atoms with E-state index in [1.54, 1.807) is 0 Å². The third kappa shape index (κ3) is 17.3. The van der Waals surface area contributed by atoms with E-state index in [9.17, 15) is 4.79 Å². The summed E-state index contributed by atoms with van der Waals surface area (Å²) in [6, 6.07) is 0. The number of rotatable bonds is 21. The van der Waals surface area contributed by atoms with Crippen molar-refractivity contribution in [3.8, 4) is 0 Å². The van der Waals surface area contributed by atoms with Crippen molar-refractivity contribution in [2.45, 2.75) is 142 Å². The second-order valence-corrected chi connectivity index (χ2v) is 8.61. The van der Waals surface area contributed by atoms with E-state index in [2.05, 4.69) is 20.4 Å². The fourth-order valence-electron chi connectivity index (χ4n) is 4.05. The van der Waals surface area contributed by atoms with E-state index in [-0.39, 0.29) is 12.1 Å². The molecule has 0 N–H and O–H groups in total. The lowest BCUT2D eigenvalue weighted by molar-refractivity contribution is -0.144. The van der Waals surface area contributed by atoms with E-state index in [1.807, 2.05) is 6.92 Å². The first-order valence-electron chi connectivity index (χ1n) is 12.5. The zero-order valence-corrected chi connectivity index (χ0v) is 19.5. The van der Waals surface area contributed by atoms with Crippen molar-refractivity contribution in [3.05, 3.63) is 12.7 Å². The van der Waals surface area contributed by atoms with Crippen molar-refractivity contribution in [3.63, 3.8) is 0 Å². The number of ether oxygens (including phenoxy) is 1. The third-order valence-corrected chi connectivity index (χ3v) is 6.09. The molecule has 0 radical (unpaired) electrons. The molecule has 2 nitrogen and oxygen atoms in total. The van der Waals surface area contributed by atoms with E-state index >= 15 is 0 Å². The van der Waals surface area contributed by atoms with Crippen molar-refractivity contribution < 1.29 is 9.53 Å². The topological polar surface area (TPSA) is 26.3 Å². The first-order chi connectivity index (χ1) is 13.7. The highest BCUT2D eigenvalue weighted by Crippen LogP contribution is 2.21. The minimum Gasteiger partial charge on any atom is -0.459 e. The summed E-state index contributed by atoms with van der Waals surface area (Å²) in [6.45, 7) is 9.96. The molecule has 0 amide bonds. The van der Waals surface area contributed by atoms with Crippen molar-refractivity contribution in [2.24, 2.45) is 5.92 Å². The maximum Gasteiger partial charge on any atom is 0.330 e. The Morgan fingerprint density at radius 2 is 1.14 bits per heavy atom. The second-order valence-electron chi connectivity index (χ2n) is 8.61. The van der Waals surface area contributed by atoms with Gasteiger partial charge in [-0.3, -0.25) is 0 Å². The molecule has 2 atom stereocenters. The number of hydrogen-bond donors (Lipinski definition) is 0. The van der Waals surface area contributed by atoms with Gasteiger partial charge in [0.05, 0.1) is 0 Å². The molecule has 0 aromatic heterocycles. The quantitative estimate of drug-likeness (QED) is 0.110. The van der Waals surface area contributed by atoms with Gasteiger partial charge in [0, 0.05) is 6.08 Å².